The second-order valence-corrected chi connectivity index (χ2v) is 4.53. The summed E-state index contributed by atoms with van der Waals surface area (Å²) in [6.07, 6.45) is -3.33. The highest BCUT2D eigenvalue weighted by molar-refractivity contribution is 5.75. The highest BCUT2D eigenvalue weighted by atomic mass is 16.6. The van der Waals surface area contributed by atoms with Crippen LogP contribution in [0.2, 0.25) is 0 Å². The maximum atomic E-state index is 9.95. The molecule has 1 aliphatic heterocycles. The number of aromatic nitrogens is 4. The Kier molecular flexibility index (Phi) is 2.94. The lowest BCUT2D eigenvalue weighted by Gasteiger charge is -2.12. The first-order chi connectivity index (χ1) is 9.54. The summed E-state index contributed by atoms with van der Waals surface area (Å²) >= 11 is 0. The van der Waals surface area contributed by atoms with Gasteiger partial charge in [0.2, 0.25) is 0 Å². The van der Waals surface area contributed by atoms with Crippen LogP contribution < -0.4 is 5.49 Å². The van der Waals surface area contributed by atoms with Gasteiger partial charge in [0.15, 0.2) is 11.0 Å². The third kappa shape index (κ3) is 1.70. The first-order valence-electron chi connectivity index (χ1n) is 5.86. The summed E-state index contributed by atoms with van der Waals surface area (Å²) in [4.78, 5) is 3.92. The Balaban J connectivity index is 2.08. The smallest absolute Gasteiger partial charge is 0.192 e. The fourth-order valence-corrected chi connectivity index (χ4v) is 2.26. The summed E-state index contributed by atoms with van der Waals surface area (Å²) < 4.78 is 5.87. The van der Waals surface area contributed by atoms with Crippen LogP contribution >= 0.6 is 0 Å². The number of nitrogens with zero attached hydrogens (tertiary/aromatic N) is 3. The molecule has 2 aromatic rings. The van der Waals surface area contributed by atoms with Crippen molar-refractivity contribution < 1.29 is 25.3 Å². The van der Waals surface area contributed by atoms with Crippen molar-refractivity contribution in [2.24, 2.45) is 0 Å². The normalized spacial score (nSPS) is 30.1. The fourth-order valence-electron chi connectivity index (χ4n) is 2.26. The number of rotatable bonds is 2. The van der Waals surface area contributed by atoms with Crippen LogP contribution in [0.25, 0.3) is 11.0 Å². The van der Waals surface area contributed by atoms with Crippen LogP contribution in [-0.2, 0) is 4.74 Å². The van der Waals surface area contributed by atoms with Crippen LogP contribution in [0.1, 0.15) is 11.8 Å². The standard InChI is InChI=1S/C10H13N5O5/c11-10-6-4(12-2-15(10)19)5(13-14-6)9-8(18)7(17)3(1-16)20-9/h2-3,7-9,11,16-19H,1H2,(H,13,14). The van der Waals surface area contributed by atoms with E-state index in [0.29, 0.717) is 4.73 Å². The van der Waals surface area contributed by atoms with Crippen LogP contribution in [0.3, 0.4) is 0 Å². The monoisotopic (exact) mass is 283 g/mol. The highest BCUT2D eigenvalue weighted by Gasteiger charge is 2.44. The lowest BCUT2D eigenvalue weighted by Crippen LogP contribution is -2.32. The summed E-state index contributed by atoms with van der Waals surface area (Å²) in [5, 5.41) is 52.1. The molecule has 0 bridgehead atoms. The van der Waals surface area contributed by atoms with Crippen LogP contribution in [0, 0.1) is 5.41 Å². The molecule has 10 heteroatoms. The molecule has 0 radical (unpaired) electrons. The summed E-state index contributed by atoms with van der Waals surface area (Å²) in [7, 11) is 0. The average Bonchev–Trinajstić information content (AvgIpc) is 2.98. The first-order valence-corrected chi connectivity index (χ1v) is 5.86. The van der Waals surface area contributed by atoms with Crippen molar-refractivity contribution in [3.63, 3.8) is 0 Å². The molecule has 108 valence electrons. The number of aliphatic hydroxyl groups excluding tert-OH is 3. The molecule has 0 aliphatic carbocycles. The van der Waals surface area contributed by atoms with Gasteiger partial charge in [0.05, 0.1) is 12.3 Å². The second kappa shape index (κ2) is 4.52. The molecule has 3 rings (SSSR count). The molecule has 3 heterocycles. The van der Waals surface area contributed by atoms with E-state index in [0.717, 1.165) is 6.33 Å². The number of aromatic amines is 1. The maximum Gasteiger partial charge on any atom is 0.192 e. The van der Waals surface area contributed by atoms with Crippen molar-refractivity contribution in [3.05, 3.63) is 17.5 Å². The van der Waals surface area contributed by atoms with Gasteiger partial charge >= 0.3 is 0 Å². The number of hydrogen-bond donors (Lipinski definition) is 6. The molecular weight excluding hydrogens is 270 g/mol. The lowest BCUT2D eigenvalue weighted by atomic mass is 10.1. The molecule has 0 spiro atoms. The predicted octanol–water partition coefficient (Wildman–Crippen LogP) is -2.37. The van der Waals surface area contributed by atoms with Crippen LogP contribution in [0.4, 0.5) is 0 Å². The molecule has 1 saturated heterocycles. The number of ether oxygens (including phenoxy) is 1. The van der Waals surface area contributed by atoms with Gasteiger partial charge < -0.3 is 25.3 Å². The van der Waals surface area contributed by atoms with E-state index >= 15 is 0 Å². The van der Waals surface area contributed by atoms with E-state index in [1.807, 2.05) is 0 Å². The van der Waals surface area contributed by atoms with Crippen molar-refractivity contribution in [1.29, 1.82) is 5.41 Å². The molecule has 20 heavy (non-hydrogen) atoms. The molecule has 1 aliphatic rings. The molecule has 4 atom stereocenters. The second-order valence-electron chi connectivity index (χ2n) is 4.53. The van der Waals surface area contributed by atoms with Crippen molar-refractivity contribution in [2.45, 2.75) is 24.4 Å². The van der Waals surface area contributed by atoms with Crippen LogP contribution in [-0.4, -0.2) is 65.4 Å². The van der Waals surface area contributed by atoms with Crippen molar-refractivity contribution in [1.82, 2.24) is 19.9 Å². The van der Waals surface area contributed by atoms with Gasteiger partial charge in [-0.2, -0.15) is 9.83 Å². The number of hydrogen-bond acceptors (Lipinski definition) is 8. The zero-order valence-electron chi connectivity index (χ0n) is 10.1. The minimum absolute atomic E-state index is 0.0998. The Bertz CT molecular complexity index is 697. The Labute approximate surface area is 111 Å². The average molecular weight is 283 g/mol. The molecule has 0 aromatic carbocycles. The zero-order valence-corrected chi connectivity index (χ0v) is 10.1. The SMILES string of the molecule is N=c1c2n[nH]c(C3OC(CO)C(O)C3O)c2ncn1O. The van der Waals surface area contributed by atoms with Crippen LogP contribution in [0.5, 0.6) is 0 Å². The Hall–Kier alpha value is -2.01. The topological polar surface area (TPSA) is 161 Å². The number of H-pyrrole nitrogens is 1. The van der Waals surface area contributed by atoms with E-state index in [1.165, 1.54) is 0 Å². The summed E-state index contributed by atoms with van der Waals surface area (Å²) in [6, 6.07) is 0. The van der Waals surface area contributed by atoms with Gasteiger partial charge in [-0.1, -0.05) is 0 Å². The third-order valence-corrected chi connectivity index (χ3v) is 3.34. The molecule has 0 amide bonds. The summed E-state index contributed by atoms with van der Waals surface area (Å²) in [5.41, 5.74) is 0.346. The minimum atomic E-state index is -1.26. The van der Waals surface area contributed by atoms with Gasteiger partial charge in [-0.25, -0.2) is 4.98 Å². The number of fused-ring (bicyclic) bond motifs is 1. The van der Waals surface area contributed by atoms with Gasteiger partial charge in [-0.3, -0.25) is 10.5 Å². The van der Waals surface area contributed by atoms with Gasteiger partial charge in [-0.05, 0) is 0 Å². The molecule has 0 saturated carbocycles. The van der Waals surface area contributed by atoms with Crippen LogP contribution in [0.15, 0.2) is 6.33 Å². The third-order valence-electron chi connectivity index (χ3n) is 3.34. The highest BCUT2D eigenvalue weighted by Crippen LogP contribution is 2.34. The quantitative estimate of drug-likeness (QED) is 0.336. The number of aliphatic hydroxyl groups is 3. The maximum absolute atomic E-state index is 9.95. The van der Waals surface area contributed by atoms with Crippen molar-refractivity contribution in [3.8, 4) is 0 Å². The summed E-state index contributed by atoms with van der Waals surface area (Å²) in [6.45, 7) is -0.436. The van der Waals surface area contributed by atoms with E-state index in [-0.39, 0.29) is 22.2 Å². The van der Waals surface area contributed by atoms with E-state index in [9.17, 15) is 15.4 Å². The molecule has 1 fully saturated rings. The molecule has 4 unspecified atom stereocenters. The molecule has 2 aromatic heterocycles. The zero-order chi connectivity index (χ0) is 14.4. The molecule has 6 N–H and O–H groups in total. The van der Waals surface area contributed by atoms with E-state index in [4.69, 9.17) is 15.3 Å². The van der Waals surface area contributed by atoms with Gasteiger partial charge in [0.25, 0.3) is 0 Å². The molecule has 10 nitrogen and oxygen atoms in total. The van der Waals surface area contributed by atoms with Gasteiger partial charge in [-0.15, -0.1) is 0 Å². The lowest BCUT2D eigenvalue weighted by molar-refractivity contribution is -0.0236. The summed E-state index contributed by atoms with van der Waals surface area (Å²) in [5.74, 6) is 0. The van der Waals surface area contributed by atoms with E-state index < -0.39 is 31.0 Å². The van der Waals surface area contributed by atoms with Crippen molar-refractivity contribution in [2.75, 3.05) is 6.61 Å². The van der Waals surface area contributed by atoms with Gasteiger partial charge in [0, 0.05) is 0 Å². The largest absolute Gasteiger partial charge is 0.425 e. The van der Waals surface area contributed by atoms with Gasteiger partial charge in [0.1, 0.15) is 36.3 Å². The predicted molar refractivity (Wildman–Crippen MR) is 61.6 cm³/mol. The first kappa shape index (κ1) is 13.0. The van der Waals surface area contributed by atoms with E-state index in [1.54, 1.807) is 0 Å². The Morgan fingerprint density at radius 2 is 2.10 bits per heavy atom. The van der Waals surface area contributed by atoms with Crippen molar-refractivity contribution >= 4 is 11.0 Å². The fraction of sp³-hybridized carbons (Fsp3) is 0.500. The number of nitrogens with one attached hydrogen (secondary N) is 2. The molecular formula is C10H13N5O5. The minimum Gasteiger partial charge on any atom is -0.425 e. The Morgan fingerprint density at radius 1 is 1.35 bits per heavy atom. The Morgan fingerprint density at radius 3 is 2.75 bits per heavy atom. The van der Waals surface area contributed by atoms with E-state index in [2.05, 4.69) is 15.2 Å².